The summed E-state index contributed by atoms with van der Waals surface area (Å²) in [5, 5.41) is 10.9. The highest BCUT2D eigenvalue weighted by Crippen LogP contribution is 2.22. The van der Waals surface area contributed by atoms with Gasteiger partial charge in [-0.05, 0) is 38.2 Å². The highest BCUT2D eigenvalue weighted by atomic mass is 16.2. The van der Waals surface area contributed by atoms with Gasteiger partial charge in [0, 0.05) is 59.0 Å². The van der Waals surface area contributed by atoms with Crippen molar-refractivity contribution in [1.29, 1.82) is 0 Å². The molecule has 0 spiro atoms. The minimum Gasteiger partial charge on any atom is -0.356 e. The molecule has 13 heteroatoms. The van der Waals surface area contributed by atoms with E-state index in [0.717, 1.165) is 0 Å². The standard InChI is InChI=1S/C25H28N9O4/c1-32-12-11-26-20(32)25(38)29-17-13-18(33(2)14-17)23(36)31-19-15-34(3)21(30-19)24(37)28-10-6-9-27-22(35)16-7-4-5-8-16/h4-5,7-8,11-15H,6,9-10H2,1-3H3,(H,27,35)(H,28,37)(H,29,38)(H,31,36). The van der Waals surface area contributed by atoms with Gasteiger partial charge in [-0.3, -0.25) is 19.2 Å². The molecule has 3 aromatic rings. The van der Waals surface area contributed by atoms with E-state index in [1.165, 1.54) is 23.0 Å². The van der Waals surface area contributed by atoms with Crippen molar-refractivity contribution in [2.45, 2.75) is 6.42 Å². The monoisotopic (exact) mass is 518 g/mol. The molecule has 5 radical (unpaired) electrons. The molecular weight excluding hydrogens is 490 g/mol. The zero-order chi connectivity index (χ0) is 27.2. The molecule has 0 atom stereocenters. The summed E-state index contributed by atoms with van der Waals surface area (Å²) in [6.45, 7) is 0.748. The molecule has 4 N–H and O–H groups in total. The number of rotatable bonds is 10. The van der Waals surface area contributed by atoms with Crippen molar-refractivity contribution in [1.82, 2.24) is 34.3 Å². The Hall–Kier alpha value is -4.42. The maximum atomic E-state index is 12.8. The number of carbonyl (C=O) groups is 4. The summed E-state index contributed by atoms with van der Waals surface area (Å²) in [6.07, 6.45) is 13.9. The molecule has 0 unspecified atom stereocenters. The van der Waals surface area contributed by atoms with Crippen LogP contribution in [0.1, 0.15) is 38.1 Å². The zero-order valence-electron chi connectivity index (χ0n) is 21.2. The highest BCUT2D eigenvalue weighted by molar-refractivity contribution is 6.06. The van der Waals surface area contributed by atoms with Crippen LogP contribution in [0.5, 0.6) is 0 Å². The van der Waals surface area contributed by atoms with E-state index in [2.05, 4.69) is 31.2 Å². The first kappa shape index (κ1) is 26.6. The molecular formula is C25H28N9O4. The summed E-state index contributed by atoms with van der Waals surface area (Å²) in [4.78, 5) is 58.0. The van der Waals surface area contributed by atoms with E-state index in [1.54, 1.807) is 68.4 Å². The molecule has 4 amide bonds. The number of carbonyl (C=O) groups excluding carboxylic acids is 4. The smallest absolute Gasteiger partial charge is 0.291 e. The van der Waals surface area contributed by atoms with Crippen LogP contribution in [-0.2, 0) is 25.9 Å². The average molecular weight is 519 g/mol. The second kappa shape index (κ2) is 11.8. The summed E-state index contributed by atoms with van der Waals surface area (Å²) in [5.41, 5.74) is 0.707. The molecule has 3 heterocycles. The predicted octanol–water partition coefficient (Wildman–Crippen LogP) is 0.638. The van der Waals surface area contributed by atoms with E-state index >= 15 is 0 Å². The number of anilines is 2. The maximum absolute atomic E-state index is 12.8. The van der Waals surface area contributed by atoms with Gasteiger partial charge in [0.1, 0.15) is 5.69 Å². The summed E-state index contributed by atoms with van der Waals surface area (Å²) in [5.74, 6) is -0.282. The molecule has 1 aliphatic carbocycles. The van der Waals surface area contributed by atoms with Crippen LogP contribution in [0, 0.1) is 31.6 Å². The lowest BCUT2D eigenvalue weighted by atomic mass is 10.1. The van der Waals surface area contributed by atoms with Gasteiger partial charge in [0.2, 0.25) is 11.7 Å². The Kier molecular flexibility index (Phi) is 8.24. The summed E-state index contributed by atoms with van der Waals surface area (Å²) < 4.78 is 4.66. The van der Waals surface area contributed by atoms with Crippen molar-refractivity contribution in [3.63, 3.8) is 0 Å². The van der Waals surface area contributed by atoms with Crippen LogP contribution < -0.4 is 21.3 Å². The van der Waals surface area contributed by atoms with E-state index in [4.69, 9.17) is 0 Å². The Balaban J connectivity index is 1.27. The molecule has 4 rings (SSSR count). The molecule has 197 valence electrons. The average Bonchev–Trinajstić information content (AvgIpc) is 3.67. The van der Waals surface area contributed by atoms with E-state index in [-0.39, 0.29) is 29.1 Å². The Morgan fingerprint density at radius 3 is 2.18 bits per heavy atom. The second-order valence-electron chi connectivity index (χ2n) is 8.59. The van der Waals surface area contributed by atoms with Crippen LogP contribution in [0.3, 0.4) is 0 Å². The fourth-order valence-electron chi connectivity index (χ4n) is 3.75. The molecule has 1 saturated carbocycles. The first-order valence-electron chi connectivity index (χ1n) is 11.8. The van der Waals surface area contributed by atoms with Gasteiger partial charge in [0.15, 0.2) is 11.6 Å². The van der Waals surface area contributed by atoms with Gasteiger partial charge >= 0.3 is 0 Å². The molecule has 13 nitrogen and oxygen atoms in total. The van der Waals surface area contributed by atoms with Gasteiger partial charge in [-0.25, -0.2) is 9.97 Å². The van der Waals surface area contributed by atoms with Crippen molar-refractivity contribution in [2.24, 2.45) is 21.1 Å². The first-order chi connectivity index (χ1) is 18.2. The quantitative estimate of drug-likeness (QED) is 0.289. The molecule has 0 aliphatic heterocycles. The largest absolute Gasteiger partial charge is 0.356 e. The van der Waals surface area contributed by atoms with E-state index in [1.807, 2.05) is 0 Å². The molecule has 0 bridgehead atoms. The number of aryl methyl sites for hydroxylation is 3. The number of hydrogen-bond acceptors (Lipinski definition) is 6. The summed E-state index contributed by atoms with van der Waals surface area (Å²) in [7, 11) is 5.02. The number of imidazole rings is 2. The van der Waals surface area contributed by atoms with Gasteiger partial charge in [0.05, 0.1) is 11.6 Å². The van der Waals surface area contributed by atoms with E-state index in [9.17, 15) is 19.2 Å². The van der Waals surface area contributed by atoms with Crippen LogP contribution in [0.15, 0.2) is 30.9 Å². The third kappa shape index (κ3) is 6.28. The number of nitrogens with zero attached hydrogens (tertiary/aromatic N) is 5. The van der Waals surface area contributed by atoms with Gasteiger partial charge in [0.25, 0.3) is 17.7 Å². The van der Waals surface area contributed by atoms with E-state index < -0.39 is 17.7 Å². The van der Waals surface area contributed by atoms with Crippen LogP contribution in [0.25, 0.3) is 0 Å². The summed E-state index contributed by atoms with van der Waals surface area (Å²) in [6, 6.07) is 1.53. The lowest BCUT2D eigenvalue weighted by Crippen LogP contribution is -2.33. The minimum atomic E-state index is -0.462. The summed E-state index contributed by atoms with van der Waals surface area (Å²) >= 11 is 0. The SMILES string of the molecule is Cn1cc(NC(=O)c2nccn2C)cc1C(=O)Nc1cn(C)c(C(=O)NCCCNC(=O)[C]2[CH][CH][CH][CH]2)n1. The van der Waals surface area contributed by atoms with Gasteiger partial charge in [-0.1, -0.05) is 0 Å². The van der Waals surface area contributed by atoms with Crippen LogP contribution in [0.2, 0.25) is 0 Å². The third-order valence-electron chi connectivity index (χ3n) is 5.69. The molecule has 1 aliphatic rings. The normalized spacial score (nSPS) is 13.3. The van der Waals surface area contributed by atoms with Crippen molar-refractivity contribution in [3.8, 4) is 0 Å². The third-order valence-corrected chi connectivity index (χ3v) is 5.69. The number of aromatic nitrogens is 5. The fraction of sp³-hybridized carbons (Fsp3) is 0.240. The Bertz CT molecular complexity index is 1330. The van der Waals surface area contributed by atoms with Gasteiger partial charge in [-0.15, -0.1) is 0 Å². The molecule has 0 saturated heterocycles. The zero-order valence-corrected chi connectivity index (χ0v) is 21.2. The Labute approximate surface area is 220 Å². The lowest BCUT2D eigenvalue weighted by molar-refractivity contribution is -0.118. The number of amides is 4. The van der Waals surface area contributed by atoms with Crippen molar-refractivity contribution >= 4 is 35.1 Å². The molecule has 0 aromatic carbocycles. The molecule has 1 fully saturated rings. The number of hydrogen-bond donors (Lipinski definition) is 4. The van der Waals surface area contributed by atoms with Crippen molar-refractivity contribution < 1.29 is 19.2 Å². The van der Waals surface area contributed by atoms with Crippen LogP contribution in [0.4, 0.5) is 11.5 Å². The first-order valence-corrected chi connectivity index (χ1v) is 11.8. The Morgan fingerprint density at radius 1 is 0.789 bits per heavy atom. The minimum absolute atomic E-state index is 0.121. The lowest BCUT2D eigenvalue weighted by Gasteiger charge is -2.09. The maximum Gasteiger partial charge on any atom is 0.291 e. The fourth-order valence-corrected chi connectivity index (χ4v) is 3.75. The topological polar surface area (TPSA) is 157 Å². The number of nitrogens with one attached hydrogen (secondary N) is 4. The van der Waals surface area contributed by atoms with Crippen LogP contribution >= 0.6 is 0 Å². The second-order valence-corrected chi connectivity index (χ2v) is 8.59. The molecule has 38 heavy (non-hydrogen) atoms. The van der Waals surface area contributed by atoms with E-state index in [0.29, 0.717) is 31.1 Å². The molecule has 3 aromatic heterocycles. The van der Waals surface area contributed by atoms with Crippen molar-refractivity contribution in [2.75, 3.05) is 23.7 Å². The van der Waals surface area contributed by atoms with Gasteiger partial charge in [-0.2, -0.15) is 0 Å². The predicted molar refractivity (Wildman–Crippen MR) is 138 cm³/mol. The van der Waals surface area contributed by atoms with Crippen molar-refractivity contribution in [3.05, 3.63) is 79.8 Å². The Morgan fingerprint density at radius 2 is 1.50 bits per heavy atom. The highest BCUT2D eigenvalue weighted by Gasteiger charge is 2.24. The van der Waals surface area contributed by atoms with Gasteiger partial charge < -0.3 is 35.0 Å². The van der Waals surface area contributed by atoms with Crippen LogP contribution in [-0.4, -0.2) is 60.4 Å².